The second kappa shape index (κ2) is 5.18. The van der Waals surface area contributed by atoms with Gasteiger partial charge >= 0.3 is 0 Å². The number of anilines is 1. The van der Waals surface area contributed by atoms with Gasteiger partial charge in [-0.2, -0.15) is 0 Å². The summed E-state index contributed by atoms with van der Waals surface area (Å²) in [5.74, 6) is 1.59. The summed E-state index contributed by atoms with van der Waals surface area (Å²) in [4.78, 5) is 6.29. The van der Waals surface area contributed by atoms with Crippen LogP contribution in [0.15, 0.2) is 48.8 Å². The van der Waals surface area contributed by atoms with E-state index in [1.807, 2.05) is 48.8 Å². The van der Waals surface area contributed by atoms with Crippen LogP contribution in [-0.4, -0.2) is 31.3 Å². The number of rotatable bonds is 4. The van der Waals surface area contributed by atoms with Gasteiger partial charge in [0.2, 0.25) is 0 Å². The van der Waals surface area contributed by atoms with Gasteiger partial charge < -0.3 is 14.4 Å². The van der Waals surface area contributed by atoms with E-state index in [0.717, 1.165) is 24.6 Å². The van der Waals surface area contributed by atoms with Crippen molar-refractivity contribution in [2.45, 2.75) is 6.10 Å². The summed E-state index contributed by atoms with van der Waals surface area (Å²) in [5.41, 5.74) is 1.19. The highest BCUT2D eigenvalue weighted by Crippen LogP contribution is 2.29. The molecule has 0 spiro atoms. The SMILES string of the molecule is COc1ccccc1OC1CN(c2ccncc2)C1. The molecule has 3 rings (SSSR count). The van der Waals surface area contributed by atoms with Crippen molar-refractivity contribution in [1.29, 1.82) is 0 Å². The molecule has 0 aliphatic carbocycles. The molecule has 0 N–H and O–H groups in total. The summed E-state index contributed by atoms with van der Waals surface area (Å²) in [6.07, 6.45) is 3.83. The summed E-state index contributed by atoms with van der Waals surface area (Å²) in [7, 11) is 1.66. The quantitative estimate of drug-likeness (QED) is 0.841. The smallest absolute Gasteiger partial charge is 0.161 e. The number of aromatic nitrogens is 1. The predicted octanol–water partition coefficient (Wildman–Crippen LogP) is 2.36. The molecule has 1 aromatic heterocycles. The Labute approximate surface area is 112 Å². The lowest BCUT2D eigenvalue weighted by atomic mass is 10.1. The second-order valence-corrected chi connectivity index (χ2v) is 4.50. The van der Waals surface area contributed by atoms with E-state index < -0.39 is 0 Å². The van der Waals surface area contributed by atoms with Gasteiger partial charge in [0.05, 0.1) is 20.2 Å². The van der Waals surface area contributed by atoms with Gasteiger partial charge in [-0.1, -0.05) is 12.1 Å². The van der Waals surface area contributed by atoms with Crippen molar-refractivity contribution in [3.8, 4) is 11.5 Å². The van der Waals surface area contributed by atoms with Gasteiger partial charge in [0, 0.05) is 18.1 Å². The van der Waals surface area contributed by atoms with Crippen molar-refractivity contribution in [2.75, 3.05) is 25.1 Å². The molecule has 1 aromatic carbocycles. The van der Waals surface area contributed by atoms with Crippen molar-refractivity contribution in [1.82, 2.24) is 4.98 Å². The third-order valence-corrected chi connectivity index (χ3v) is 3.24. The van der Waals surface area contributed by atoms with Gasteiger partial charge in [-0.25, -0.2) is 0 Å². The second-order valence-electron chi connectivity index (χ2n) is 4.50. The van der Waals surface area contributed by atoms with Gasteiger partial charge in [0.25, 0.3) is 0 Å². The molecule has 4 heteroatoms. The third-order valence-electron chi connectivity index (χ3n) is 3.24. The zero-order valence-electron chi connectivity index (χ0n) is 10.8. The lowest BCUT2D eigenvalue weighted by Crippen LogP contribution is -2.54. The fraction of sp³-hybridized carbons (Fsp3) is 0.267. The number of benzene rings is 1. The monoisotopic (exact) mass is 256 g/mol. The molecule has 1 saturated heterocycles. The van der Waals surface area contributed by atoms with Gasteiger partial charge in [0.15, 0.2) is 11.5 Å². The van der Waals surface area contributed by atoms with Crippen molar-refractivity contribution < 1.29 is 9.47 Å². The number of para-hydroxylation sites is 2. The summed E-state index contributed by atoms with van der Waals surface area (Å²) in [6, 6.07) is 11.8. The number of pyridine rings is 1. The largest absolute Gasteiger partial charge is 0.493 e. The van der Waals surface area contributed by atoms with Crippen molar-refractivity contribution in [2.24, 2.45) is 0 Å². The number of ether oxygens (including phenoxy) is 2. The molecule has 0 amide bonds. The number of methoxy groups -OCH3 is 1. The van der Waals surface area contributed by atoms with Crippen LogP contribution in [0.5, 0.6) is 11.5 Å². The van der Waals surface area contributed by atoms with E-state index in [4.69, 9.17) is 9.47 Å². The maximum atomic E-state index is 5.94. The highest BCUT2D eigenvalue weighted by molar-refractivity contribution is 5.48. The molecule has 2 aromatic rings. The van der Waals surface area contributed by atoms with E-state index in [1.54, 1.807) is 7.11 Å². The summed E-state index contributed by atoms with van der Waals surface area (Å²) < 4.78 is 11.2. The van der Waals surface area contributed by atoms with Gasteiger partial charge in [0.1, 0.15) is 6.10 Å². The van der Waals surface area contributed by atoms with E-state index in [9.17, 15) is 0 Å². The average Bonchev–Trinajstić information content (AvgIpc) is 2.43. The van der Waals surface area contributed by atoms with Gasteiger partial charge in [-0.3, -0.25) is 4.98 Å². The van der Waals surface area contributed by atoms with E-state index in [0.29, 0.717) is 0 Å². The molecule has 0 radical (unpaired) electrons. The molecule has 1 fully saturated rings. The molecule has 19 heavy (non-hydrogen) atoms. The topological polar surface area (TPSA) is 34.6 Å². The maximum absolute atomic E-state index is 5.94. The van der Waals surface area contributed by atoms with Crippen LogP contribution in [-0.2, 0) is 0 Å². The Morgan fingerprint density at radius 3 is 2.42 bits per heavy atom. The fourth-order valence-corrected chi connectivity index (χ4v) is 2.17. The Morgan fingerprint density at radius 2 is 1.74 bits per heavy atom. The molecule has 0 unspecified atom stereocenters. The number of nitrogens with zero attached hydrogens (tertiary/aromatic N) is 2. The molecule has 98 valence electrons. The molecule has 2 heterocycles. The number of hydrogen-bond donors (Lipinski definition) is 0. The van der Waals surface area contributed by atoms with Crippen molar-refractivity contribution >= 4 is 5.69 Å². The molecular formula is C15H16N2O2. The third kappa shape index (κ3) is 2.47. The first-order valence-corrected chi connectivity index (χ1v) is 6.31. The predicted molar refractivity (Wildman–Crippen MR) is 73.9 cm³/mol. The standard InChI is InChI=1S/C15H16N2O2/c1-18-14-4-2-3-5-15(14)19-13-10-17(11-13)12-6-8-16-9-7-12/h2-9,13H,10-11H2,1H3. The summed E-state index contributed by atoms with van der Waals surface area (Å²) >= 11 is 0. The molecule has 0 saturated carbocycles. The minimum Gasteiger partial charge on any atom is -0.493 e. The van der Waals surface area contributed by atoms with E-state index in [-0.39, 0.29) is 6.10 Å². The first-order valence-electron chi connectivity index (χ1n) is 6.31. The lowest BCUT2D eigenvalue weighted by Gasteiger charge is -2.40. The van der Waals surface area contributed by atoms with Crippen LogP contribution in [0.1, 0.15) is 0 Å². The van der Waals surface area contributed by atoms with Crippen molar-refractivity contribution in [3.05, 3.63) is 48.8 Å². The Hall–Kier alpha value is -2.23. The minimum absolute atomic E-state index is 0.212. The van der Waals surface area contributed by atoms with Crippen LogP contribution in [0, 0.1) is 0 Å². The van der Waals surface area contributed by atoms with Crippen LogP contribution >= 0.6 is 0 Å². The summed E-state index contributed by atoms with van der Waals surface area (Å²) in [6.45, 7) is 1.78. The van der Waals surface area contributed by atoms with E-state index in [1.165, 1.54) is 5.69 Å². The molecule has 1 aliphatic heterocycles. The molecule has 0 atom stereocenters. The highest BCUT2D eigenvalue weighted by atomic mass is 16.5. The Balaban J connectivity index is 1.60. The van der Waals surface area contributed by atoms with Crippen LogP contribution in [0.3, 0.4) is 0 Å². The van der Waals surface area contributed by atoms with Gasteiger partial charge in [-0.15, -0.1) is 0 Å². The van der Waals surface area contributed by atoms with Crippen LogP contribution in [0.25, 0.3) is 0 Å². The highest BCUT2D eigenvalue weighted by Gasteiger charge is 2.29. The minimum atomic E-state index is 0.212. The normalized spacial score (nSPS) is 14.9. The van der Waals surface area contributed by atoms with Crippen LogP contribution in [0.2, 0.25) is 0 Å². The molecule has 4 nitrogen and oxygen atoms in total. The molecular weight excluding hydrogens is 240 g/mol. The maximum Gasteiger partial charge on any atom is 0.161 e. The van der Waals surface area contributed by atoms with Gasteiger partial charge in [-0.05, 0) is 24.3 Å². The first kappa shape index (κ1) is 11.8. The average molecular weight is 256 g/mol. The van der Waals surface area contributed by atoms with E-state index in [2.05, 4.69) is 9.88 Å². The molecule has 1 aliphatic rings. The van der Waals surface area contributed by atoms with Crippen LogP contribution in [0.4, 0.5) is 5.69 Å². The van der Waals surface area contributed by atoms with E-state index >= 15 is 0 Å². The van der Waals surface area contributed by atoms with Crippen LogP contribution < -0.4 is 14.4 Å². The lowest BCUT2D eigenvalue weighted by molar-refractivity contribution is 0.161. The van der Waals surface area contributed by atoms with Crippen molar-refractivity contribution in [3.63, 3.8) is 0 Å². The number of hydrogen-bond acceptors (Lipinski definition) is 4. The zero-order chi connectivity index (χ0) is 13.1. The Kier molecular flexibility index (Phi) is 3.23. The Bertz CT molecular complexity index is 539. The molecule has 0 bridgehead atoms. The Morgan fingerprint density at radius 1 is 1.05 bits per heavy atom. The zero-order valence-corrected chi connectivity index (χ0v) is 10.8. The first-order chi connectivity index (χ1) is 9.36. The fourth-order valence-electron chi connectivity index (χ4n) is 2.17. The summed E-state index contributed by atoms with van der Waals surface area (Å²) in [5, 5.41) is 0.